The summed E-state index contributed by atoms with van der Waals surface area (Å²) in [7, 11) is 0. The minimum absolute atomic E-state index is 0.0332. The lowest BCUT2D eigenvalue weighted by molar-refractivity contribution is -0.143. The molecule has 0 aliphatic heterocycles. The van der Waals surface area contributed by atoms with Crippen LogP contribution in [0.4, 0.5) is 0 Å². The van der Waals surface area contributed by atoms with Gasteiger partial charge in [-0.1, -0.05) is 12.1 Å². The number of imidazole rings is 1. The smallest absolute Gasteiger partial charge is 0.326 e. The first-order chi connectivity index (χ1) is 18.5. The van der Waals surface area contributed by atoms with Gasteiger partial charge in [0, 0.05) is 18.3 Å². The molecular formula is C25H37N7O7. The number of carbonyl (C=O) groups is 4. The molecule has 0 radical (unpaired) electrons. The van der Waals surface area contributed by atoms with Gasteiger partial charge in [0.05, 0.1) is 18.5 Å². The first-order valence-corrected chi connectivity index (χ1v) is 12.5. The molecule has 14 nitrogen and oxygen atoms in total. The van der Waals surface area contributed by atoms with Gasteiger partial charge in [-0.15, -0.1) is 0 Å². The van der Waals surface area contributed by atoms with E-state index < -0.39 is 54.0 Å². The fourth-order valence-corrected chi connectivity index (χ4v) is 3.75. The molecule has 0 aliphatic rings. The number of carboxylic acid groups (broad SMARTS) is 1. The molecular weight excluding hydrogens is 510 g/mol. The number of aromatic amines is 1. The van der Waals surface area contributed by atoms with Gasteiger partial charge in [0.25, 0.3) is 0 Å². The van der Waals surface area contributed by atoms with E-state index in [0.717, 1.165) is 0 Å². The Morgan fingerprint density at radius 2 is 1.64 bits per heavy atom. The number of aliphatic carboxylic acids is 1. The molecule has 0 fully saturated rings. The molecule has 5 unspecified atom stereocenters. The largest absolute Gasteiger partial charge is 0.508 e. The number of unbranched alkanes of at least 4 members (excludes halogenated alkanes) is 1. The number of aromatic hydroxyl groups is 1. The molecule has 2 rings (SSSR count). The van der Waals surface area contributed by atoms with Crippen LogP contribution in [0.3, 0.4) is 0 Å². The zero-order valence-electron chi connectivity index (χ0n) is 21.7. The zero-order chi connectivity index (χ0) is 28.9. The van der Waals surface area contributed by atoms with E-state index in [0.29, 0.717) is 30.6 Å². The van der Waals surface area contributed by atoms with E-state index in [9.17, 15) is 34.5 Å². The average Bonchev–Trinajstić information content (AvgIpc) is 3.40. The van der Waals surface area contributed by atoms with E-state index >= 15 is 0 Å². The maximum absolute atomic E-state index is 13.2. The summed E-state index contributed by atoms with van der Waals surface area (Å²) in [6, 6.07) is 1.17. The minimum atomic E-state index is -1.50. The minimum Gasteiger partial charge on any atom is -0.508 e. The van der Waals surface area contributed by atoms with E-state index in [1.807, 2.05) is 0 Å². The standard InChI is InChI=1S/C25H37N7O7/c1-14(33)21(24(37)30-19(25(38)39)4-2-3-9-26)32-23(36)20(11-16-12-28-13-29-16)31-22(35)18(27)10-15-5-7-17(34)8-6-15/h5-8,12-14,18-21,33-34H,2-4,9-11,26-27H2,1H3,(H,28,29)(H,30,37)(H,31,35)(H,32,36)(H,38,39). The Bertz CT molecular complexity index is 1080. The highest BCUT2D eigenvalue weighted by Gasteiger charge is 2.33. The maximum Gasteiger partial charge on any atom is 0.326 e. The second-order valence-corrected chi connectivity index (χ2v) is 9.23. The summed E-state index contributed by atoms with van der Waals surface area (Å²) in [5.74, 6) is -3.54. The number of rotatable bonds is 16. The van der Waals surface area contributed by atoms with Crippen molar-refractivity contribution in [2.24, 2.45) is 11.5 Å². The van der Waals surface area contributed by atoms with Crippen LogP contribution in [-0.4, -0.2) is 85.8 Å². The van der Waals surface area contributed by atoms with Crippen molar-refractivity contribution in [2.45, 2.75) is 69.3 Å². The molecule has 1 heterocycles. The number of aliphatic hydroxyl groups excluding tert-OH is 1. The Morgan fingerprint density at radius 1 is 0.974 bits per heavy atom. The molecule has 5 atom stereocenters. The fourth-order valence-electron chi connectivity index (χ4n) is 3.75. The third kappa shape index (κ3) is 10.3. The number of H-pyrrole nitrogens is 1. The maximum atomic E-state index is 13.2. The van der Waals surface area contributed by atoms with Crippen LogP contribution in [0.25, 0.3) is 0 Å². The van der Waals surface area contributed by atoms with Crippen molar-refractivity contribution in [2.75, 3.05) is 6.54 Å². The SMILES string of the molecule is CC(O)C(NC(=O)C(Cc1cnc[nH]1)NC(=O)C(N)Cc1ccc(O)cc1)C(=O)NC(CCCCN)C(=O)O. The van der Waals surface area contributed by atoms with Gasteiger partial charge < -0.3 is 47.7 Å². The predicted molar refractivity (Wildman–Crippen MR) is 140 cm³/mol. The zero-order valence-corrected chi connectivity index (χ0v) is 21.7. The Hall–Kier alpha value is -4.01. The van der Waals surface area contributed by atoms with Crippen molar-refractivity contribution in [3.05, 3.63) is 48.0 Å². The highest BCUT2D eigenvalue weighted by Crippen LogP contribution is 2.11. The van der Waals surface area contributed by atoms with Crippen LogP contribution in [0.2, 0.25) is 0 Å². The van der Waals surface area contributed by atoms with Crippen LogP contribution in [0.5, 0.6) is 5.75 Å². The lowest BCUT2D eigenvalue weighted by Crippen LogP contribution is -2.60. The highest BCUT2D eigenvalue weighted by atomic mass is 16.4. The molecule has 0 bridgehead atoms. The second kappa shape index (κ2) is 15.4. The van der Waals surface area contributed by atoms with Gasteiger partial charge in [-0.3, -0.25) is 14.4 Å². The summed E-state index contributed by atoms with van der Waals surface area (Å²) in [6.07, 6.45) is 2.72. The number of nitrogens with two attached hydrogens (primary N) is 2. The Labute approximate surface area is 225 Å². The lowest BCUT2D eigenvalue weighted by atomic mass is 10.0. The molecule has 1 aromatic carbocycles. The third-order valence-corrected chi connectivity index (χ3v) is 5.96. The average molecular weight is 548 g/mol. The molecule has 0 saturated carbocycles. The summed E-state index contributed by atoms with van der Waals surface area (Å²) in [4.78, 5) is 57.2. The van der Waals surface area contributed by atoms with E-state index in [2.05, 4.69) is 25.9 Å². The molecule has 2 aromatic rings. The number of nitrogens with zero attached hydrogens (tertiary/aromatic N) is 1. The van der Waals surface area contributed by atoms with E-state index in [-0.39, 0.29) is 25.0 Å². The van der Waals surface area contributed by atoms with Crippen LogP contribution < -0.4 is 27.4 Å². The number of hydrogen-bond acceptors (Lipinski definition) is 9. The quantitative estimate of drug-likeness (QED) is 0.108. The summed E-state index contributed by atoms with van der Waals surface area (Å²) in [5, 5.41) is 36.4. The van der Waals surface area contributed by atoms with E-state index in [1.165, 1.54) is 31.6 Å². The first-order valence-electron chi connectivity index (χ1n) is 12.5. The number of amides is 3. The van der Waals surface area contributed by atoms with E-state index in [1.54, 1.807) is 12.1 Å². The summed E-state index contributed by atoms with van der Waals surface area (Å²) in [6.45, 7) is 1.64. The molecule has 214 valence electrons. The first kappa shape index (κ1) is 31.2. The van der Waals surface area contributed by atoms with Gasteiger partial charge in [-0.25, -0.2) is 9.78 Å². The Morgan fingerprint density at radius 3 is 2.21 bits per heavy atom. The number of nitrogens with one attached hydrogen (secondary N) is 4. The molecule has 11 N–H and O–H groups in total. The van der Waals surface area contributed by atoms with Crippen molar-refractivity contribution in [3.63, 3.8) is 0 Å². The highest BCUT2D eigenvalue weighted by molar-refractivity contribution is 5.94. The van der Waals surface area contributed by atoms with Crippen LogP contribution in [0.1, 0.15) is 37.4 Å². The molecule has 14 heteroatoms. The van der Waals surface area contributed by atoms with Crippen LogP contribution in [0.15, 0.2) is 36.8 Å². The fraction of sp³-hybridized carbons (Fsp3) is 0.480. The summed E-state index contributed by atoms with van der Waals surface area (Å²) >= 11 is 0. The van der Waals surface area contributed by atoms with Gasteiger partial charge in [-0.2, -0.15) is 0 Å². The van der Waals surface area contributed by atoms with Crippen LogP contribution >= 0.6 is 0 Å². The van der Waals surface area contributed by atoms with Gasteiger partial charge >= 0.3 is 5.97 Å². The van der Waals surface area contributed by atoms with Gasteiger partial charge in [0.15, 0.2) is 0 Å². The number of phenols is 1. The molecule has 1 aromatic heterocycles. The third-order valence-electron chi connectivity index (χ3n) is 5.96. The number of aliphatic hydroxyl groups is 1. The number of carboxylic acids is 1. The molecule has 3 amide bonds. The number of carbonyl (C=O) groups excluding carboxylic acids is 3. The Kier molecular flexibility index (Phi) is 12.3. The lowest BCUT2D eigenvalue weighted by Gasteiger charge is -2.26. The van der Waals surface area contributed by atoms with Crippen LogP contribution in [-0.2, 0) is 32.0 Å². The molecule has 0 saturated heterocycles. The number of aromatic nitrogens is 2. The van der Waals surface area contributed by atoms with Gasteiger partial charge in [0.1, 0.15) is 23.9 Å². The van der Waals surface area contributed by atoms with Crippen molar-refractivity contribution in [1.82, 2.24) is 25.9 Å². The summed E-state index contributed by atoms with van der Waals surface area (Å²) in [5.41, 5.74) is 12.7. The topological polar surface area (TPSA) is 246 Å². The number of benzene rings is 1. The van der Waals surface area contributed by atoms with Crippen molar-refractivity contribution in [1.29, 1.82) is 0 Å². The van der Waals surface area contributed by atoms with E-state index in [4.69, 9.17) is 11.5 Å². The number of hydrogen-bond donors (Lipinski definition) is 9. The summed E-state index contributed by atoms with van der Waals surface area (Å²) < 4.78 is 0. The predicted octanol–water partition coefficient (Wildman–Crippen LogP) is -1.72. The van der Waals surface area contributed by atoms with Crippen LogP contribution in [0, 0.1) is 0 Å². The monoisotopic (exact) mass is 547 g/mol. The van der Waals surface area contributed by atoms with Crippen molar-refractivity contribution >= 4 is 23.7 Å². The Balaban J connectivity index is 2.13. The van der Waals surface area contributed by atoms with Crippen molar-refractivity contribution < 1.29 is 34.5 Å². The number of phenolic OH excluding ortho intramolecular Hbond substituents is 1. The normalized spacial score (nSPS) is 14.9. The van der Waals surface area contributed by atoms with Gasteiger partial charge in [0.2, 0.25) is 17.7 Å². The molecule has 0 spiro atoms. The van der Waals surface area contributed by atoms with Crippen molar-refractivity contribution in [3.8, 4) is 5.75 Å². The molecule has 0 aliphatic carbocycles. The van der Waals surface area contributed by atoms with Gasteiger partial charge in [-0.05, 0) is 56.8 Å². The second-order valence-electron chi connectivity index (χ2n) is 9.23. The molecule has 39 heavy (non-hydrogen) atoms.